The lowest BCUT2D eigenvalue weighted by Gasteiger charge is -2.17. The normalized spacial score (nSPS) is 10.7. The number of hydrogen-bond donors (Lipinski definition) is 2. The van der Waals surface area contributed by atoms with E-state index in [-0.39, 0.29) is 18.1 Å². The number of carbonyl (C=O) groups excluding carboxylic acids is 1. The van der Waals surface area contributed by atoms with Gasteiger partial charge in [-0.1, -0.05) is 12.1 Å². The molecule has 2 heterocycles. The number of benzene rings is 1. The molecule has 2 amide bonds. The summed E-state index contributed by atoms with van der Waals surface area (Å²) >= 11 is 0. The smallest absolute Gasteiger partial charge is 0.317 e. The number of amides is 2. The second-order valence-corrected chi connectivity index (χ2v) is 5.12. The molecule has 0 saturated carbocycles. The number of nitrogens with one attached hydrogen (secondary N) is 2. The number of para-hydroxylation sites is 1. The van der Waals surface area contributed by atoms with Crippen LogP contribution in [0, 0.1) is 0 Å². The van der Waals surface area contributed by atoms with Crippen LogP contribution in [0.4, 0.5) is 4.79 Å². The maximum atomic E-state index is 12.0. The topological polar surface area (TPSA) is 91.2 Å². The minimum atomic E-state index is -0.280. The third-order valence-corrected chi connectivity index (χ3v) is 3.39. The lowest BCUT2D eigenvalue weighted by atomic mass is 10.2. The molecule has 0 fully saturated rings. The maximum absolute atomic E-state index is 12.0. The molecule has 118 valence electrons. The number of H-pyrrole nitrogens is 1. The number of furan rings is 1. The first kappa shape index (κ1) is 14.8. The predicted molar refractivity (Wildman–Crippen MR) is 84.8 cm³/mol. The molecule has 0 aliphatic heterocycles. The number of aromatic nitrogens is 2. The van der Waals surface area contributed by atoms with Crippen molar-refractivity contribution in [3.8, 4) is 0 Å². The van der Waals surface area contributed by atoms with Crippen molar-refractivity contribution in [2.75, 3.05) is 7.05 Å². The number of carbonyl (C=O) groups is 1. The Morgan fingerprint density at radius 1 is 1.30 bits per heavy atom. The largest absolute Gasteiger partial charge is 0.467 e. The first-order chi connectivity index (χ1) is 11.1. The van der Waals surface area contributed by atoms with Gasteiger partial charge in [-0.3, -0.25) is 4.79 Å². The number of nitrogens with zero attached hydrogens (tertiary/aromatic N) is 2. The molecule has 2 N–H and O–H groups in total. The zero-order valence-corrected chi connectivity index (χ0v) is 12.6. The van der Waals surface area contributed by atoms with E-state index in [2.05, 4.69) is 15.3 Å². The zero-order chi connectivity index (χ0) is 16.2. The quantitative estimate of drug-likeness (QED) is 0.769. The van der Waals surface area contributed by atoms with Crippen LogP contribution in [0.5, 0.6) is 0 Å². The van der Waals surface area contributed by atoms with Crippen LogP contribution in [0.3, 0.4) is 0 Å². The SMILES string of the molecule is CN(Cc1nc2ccccc2c(=O)[nH]1)C(=O)NCc1ccco1. The van der Waals surface area contributed by atoms with Gasteiger partial charge in [0.25, 0.3) is 5.56 Å². The van der Waals surface area contributed by atoms with E-state index in [9.17, 15) is 9.59 Å². The average molecular weight is 312 g/mol. The van der Waals surface area contributed by atoms with Crippen molar-refractivity contribution in [2.45, 2.75) is 13.1 Å². The highest BCUT2D eigenvalue weighted by Crippen LogP contribution is 2.07. The second kappa shape index (κ2) is 6.35. The van der Waals surface area contributed by atoms with Crippen LogP contribution >= 0.6 is 0 Å². The van der Waals surface area contributed by atoms with Crippen LogP contribution < -0.4 is 10.9 Å². The van der Waals surface area contributed by atoms with Crippen LogP contribution in [0.1, 0.15) is 11.6 Å². The molecule has 0 aliphatic carbocycles. The fraction of sp³-hybridized carbons (Fsp3) is 0.188. The Balaban J connectivity index is 1.68. The second-order valence-electron chi connectivity index (χ2n) is 5.12. The number of aromatic amines is 1. The molecule has 1 aromatic carbocycles. The van der Waals surface area contributed by atoms with Gasteiger partial charge in [-0.15, -0.1) is 0 Å². The average Bonchev–Trinajstić information content (AvgIpc) is 3.06. The summed E-state index contributed by atoms with van der Waals surface area (Å²) in [5.74, 6) is 1.10. The van der Waals surface area contributed by atoms with Gasteiger partial charge in [-0.2, -0.15) is 0 Å². The summed E-state index contributed by atoms with van der Waals surface area (Å²) in [5, 5.41) is 3.26. The number of hydrogen-bond acceptors (Lipinski definition) is 4. The first-order valence-electron chi connectivity index (χ1n) is 7.13. The Hall–Kier alpha value is -3.09. The summed E-state index contributed by atoms with van der Waals surface area (Å²) in [7, 11) is 1.63. The van der Waals surface area contributed by atoms with Crippen molar-refractivity contribution in [2.24, 2.45) is 0 Å². The third-order valence-electron chi connectivity index (χ3n) is 3.39. The van der Waals surface area contributed by atoms with Crippen molar-refractivity contribution in [3.63, 3.8) is 0 Å². The molecule has 3 aromatic rings. The molecule has 2 aromatic heterocycles. The summed E-state index contributed by atoms with van der Waals surface area (Å²) in [4.78, 5) is 32.6. The van der Waals surface area contributed by atoms with Gasteiger partial charge in [0.15, 0.2) is 0 Å². The van der Waals surface area contributed by atoms with Crippen molar-refractivity contribution in [3.05, 3.63) is 64.6 Å². The van der Waals surface area contributed by atoms with Gasteiger partial charge in [0.05, 0.1) is 30.3 Å². The summed E-state index contributed by atoms with van der Waals surface area (Å²) < 4.78 is 5.15. The molecule has 3 rings (SSSR count). The van der Waals surface area contributed by atoms with Gasteiger partial charge in [0.2, 0.25) is 0 Å². The van der Waals surface area contributed by atoms with E-state index < -0.39 is 0 Å². The summed E-state index contributed by atoms with van der Waals surface area (Å²) in [6.07, 6.45) is 1.55. The van der Waals surface area contributed by atoms with Crippen molar-refractivity contribution in [1.82, 2.24) is 20.2 Å². The molecule has 0 unspecified atom stereocenters. The Morgan fingerprint density at radius 2 is 2.13 bits per heavy atom. The van der Waals surface area contributed by atoms with Crippen LogP contribution in [-0.2, 0) is 13.1 Å². The Morgan fingerprint density at radius 3 is 2.91 bits per heavy atom. The molecular formula is C16H16N4O3. The van der Waals surface area contributed by atoms with Crippen molar-refractivity contribution < 1.29 is 9.21 Å². The van der Waals surface area contributed by atoms with E-state index in [0.29, 0.717) is 29.0 Å². The third kappa shape index (κ3) is 3.39. The van der Waals surface area contributed by atoms with E-state index in [0.717, 1.165) is 0 Å². The highest BCUT2D eigenvalue weighted by Gasteiger charge is 2.11. The van der Waals surface area contributed by atoms with Crippen LogP contribution in [0.15, 0.2) is 51.9 Å². The zero-order valence-electron chi connectivity index (χ0n) is 12.6. The fourth-order valence-corrected chi connectivity index (χ4v) is 2.22. The van der Waals surface area contributed by atoms with Crippen molar-refractivity contribution >= 4 is 16.9 Å². The van der Waals surface area contributed by atoms with Gasteiger partial charge in [-0.05, 0) is 24.3 Å². The Labute approximate surface area is 131 Å². The van der Waals surface area contributed by atoms with E-state index in [4.69, 9.17) is 4.42 Å². The molecule has 0 saturated heterocycles. The van der Waals surface area contributed by atoms with E-state index in [1.54, 1.807) is 43.6 Å². The van der Waals surface area contributed by atoms with Crippen LogP contribution in [0.25, 0.3) is 10.9 Å². The maximum Gasteiger partial charge on any atom is 0.317 e. The molecule has 7 nitrogen and oxygen atoms in total. The van der Waals surface area contributed by atoms with Gasteiger partial charge in [-0.25, -0.2) is 9.78 Å². The monoisotopic (exact) mass is 312 g/mol. The minimum absolute atomic E-state index is 0.198. The highest BCUT2D eigenvalue weighted by molar-refractivity contribution is 5.77. The molecule has 0 atom stereocenters. The Kier molecular flexibility index (Phi) is 4.09. The van der Waals surface area contributed by atoms with Gasteiger partial charge in [0, 0.05) is 7.05 Å². The van der Waals surface area contributed by atoms with Crippen molar-refractivity contribution in [1.29, 1.82) is 0 Å². The fourth-order valence-electron chi connectivity index (χ4n) is 2.22. The van der Waals surface area contributed by atoms with E-state index in [1.165, 1.54) is 4.90 Å². The van der Waals surface area contributed by atoms with Crippen LogP contribution in [0.2, 0.25) is 0 Å². The van der Waals surface area contributed by atoms with Crippen LogP contribution in [-0.4, -0.2) is 27.9 Å². The number of rotatable bonds is 4. The lowest BCUT2D eigenvalue weighted by Crippen LogP contribution is -2.37. The highest BCUT2D eigenvalue weighted by atomic mass is 16.3. The van der Waals surface area contributed by atoms with E-state index >= 15 is 0 Å². The summed E-state index contributed by atoms with van der Waals surface area (Å²) in [6.45, 7) is 0.502. The molecule has 0 radical (unpaired) electrons. The molecule has 7 heteroatoms. The molecule has 0 aliphatic rings. The van der Waals surface area contributed by atoms with Gasteiger partial charge < -0.3 is 19.6 Å². The first-order valence-corrected chi connectivity index (χ1v) is 7.13. The molecule has 0 spiro atoms. The predicted octanol–water partition coefficient (Wildman–Crippen LogP) is 1.86. The van der Waals surface area contributed by atoms with Gasteiger partial charge in [0.1, 0.15) is 11.6 Å². The van der Waals surface area contributed by atoms with E-state index in [1.807, 2.05) is 6.07 Å². The summed E-state index contributed by atoms with van der Waals surface area (Å²) in [5.41, 5.74) is 0.394. The van der Waals surface area contributed by atoms with Gasteiger partial charge >= 0.3 is 6.03 Å². The standard InChI is InChI=1S/C16H16N4O3/c1-20(16(22)17-9-11-5-4-8-23-11)10-14-18-13-7-3-2-6-12(13)15(21)19-14/h2-8H,9-10H2,1H3,(H,17,22)(H,18,19,21). The molecule has 0 bridgehead atoms. The lowest BCUT2D eigenvalue weighted by molar-refractivity contribution is 0.204. The summed E-state index contributed by atoms with van der Waals surface area (Å²) in [6, 6.07) is 10.3. The molecular weight excluding hydrogens is 296 g/mol. The Bertz CT molecular complexity index is 870. The minimum Gasteiger partial charge on any atom is -0.467 e. The number of urea groups is 1. The number of fused-ring (bicyclic) bond motifs is 1. The molecule has 23 heavy (non-hydrogen) atoms.